The zero-order chi connectivity index (χ0) is 5.70. The summed E-state index contributed by atoms with van der Waals surface area (Å²) < 4.78 is 0. The van der Waals surface area contributed by atoms with E-state index >= 15 is 0 Å². The Labute approximate surface area is 77.7 Å². The Morgan fingerprint density at radius 3 is 2.14 bits per heavy atom. The third-order valence-electron chi connectivity index (χ3n) is 0.326. The molecule has 0 aromatic carbocycles. The molecule has 0 nitrogen and oxygen atoms in total. The van der Waals surface area contributed by atoms with Gasteiger partial charge in [-0.3, -0.25) is 0 Å². The summed E-state index contributed by atoms with van der Waals surface area (Å²) in [5, 5.41) is 2.84. The van der Waals surface area contributed by atoms with Gasteiger partial charge in [-0.15, -0.1) is 0 Å². The van der Waals surface area contributed by atoms with E-state index in [1.165, 1.54) is 10.4 Å². The van der Waals surface area contributed by atoms with Gasteiger partial charge in [-0.25, -0.2) is 0 Å². The van der Waals surface area contributed by atoms with Crippen molar-refractivity contribution in [1.82, 2.24) is 0 Å². The molecule has 0 atom stereocenters. The van der Waals surface area contributed by atoms with Crippen LogP contribution in [0.2, 0.25) is 10.4 Å². The van der Waals surface area contributed by atoms with Crippen molar-refractivity contribution in [2.45, 2.75) is 10.4 Å². The maximum atomic E-state index is 2.83. The van der Waals surface area contributed by atoms with Crippen LogP contribution in [-0.4, -0.2) is 68.6 Å². The molecule has 0 spiro atoms. The Morgan fingerprint density at radius 1 is 1.43 bits per heavy atom. The van der Waals surface area contributed by atoms with E-state index in [0.717, 1.165) is 13.7 Å². The third kappa shape index (κ3) is 8.79. The Balaban J connectivity index is 2.68. The van der Waals surface area contributed by atoms with Gasteiger partial charge in [0.15, 0.2) is 0 Å². The van der Waals surface area contributed by atoms with E-state index in [0.29, 0.717) is 0 Å². The summed E-state index contributed by atoms with van der Waals surface area (Å²) in [7, 11) is -0.284. The fraction of sp³-hybridized carbons (Fsp3) is 1.00. The minimum absolute atomic E-state index is 0.284. The van der Waals surface area contributed by atoms with Crippen molar-refractivity contribution in [2.75, 3.05) is 0 Å². The van der Waals surface area contributed by atoms with Crippen molar-refractivity contribution in [3.05, 3.63) is 0 Å². The van der Waals surface area contributed by atoms with E-state index in [4.69, 9.17) is 0 Å². The SMILES string of the molecule is [As]CC[As][As]([As])[As]. The minimum atomic E-state index is -0.284. The number of hydrogen-bond donors (Lipinski definition) is 0. The molecule has 0 aromatic rings. The van der Waals surface area contributed by atoms with Crippen molar-refractivity contribution < 1.29 is 0 Å². The van der Waals surface area contributed by atoms with Crippen LogP contribution in [-0.2, 0) is 0 Å². The van der Waals surface area contributed by atoms with Crippen molar-refractivity contribution in [2.24, 2.45) is 0 Å². The van der Waals surface area contributed by atoms with Crippen molar-refractivity contribution in [3.8, 4) is 0 Å². The van der Waals surface area contributed by atoms with Gasteiger partial charge in [-0.05, 0) is 0 Å². The summed E-state index contributed by atoms with van der Waals surface area (Å²) in [6.45, 7) is 0. The van der Waals surface area contributed by atoms with Gasteiger partial charge in [-0.1, -0.05) is 0 Å². The van der Waals surface area contributed by atoms with Gasteiger partial charge < -0.3 is 0 Å². The number of hydrogen-bond acceptors (Lipinski definition) is 0. The molecule has 0 saturated heterocycles. The van der Waals surface area contributed by atoms with E-state index in [2.05, 4.69) is 46.4 Å². The van der Waals surface area contributed by atoms with Crippen molar-refractivity contribution in [1.29, 1.82) is 0 Å². The second kappa shape index (κ2) is 6.91. The van der Waals surface area contributed by atoms with Gasteiger partial charge in [0, 0.05) is 0 Å². The standard InChI is InChI=1S/C2H4As5/c3-1-2-6-7(4)5/h1-2H2. The van der Waals surface area contributed by atoms with Gasteiger partial charge in [0.2, 0.25) is 0 Å². The predicted molar refractivity (Wildman–Crippen MR) is 38.4 cm³/mol. The molecule has 0 rings (SSSR count). The average molecular weight is 403 g/mol. The topological polar surface area (TPSA) is 0 Å². The first-order chi connectivity index (χ1) is 3.27. The summed E-state index contributed by atoms with van der Waals surface area (Å²) >= 11 is 9.07. The van der Waals surface area contributed by atoms with Crippen LogP contribution in [0.3, 0.4) is 0 Å². The molecular formula is C2H4As5. The molecule has 0 heterocycles. The quantitative estimate of drug-likeness (QED) is 0.533. The average Bonchev–Trinajstić information content (AvgIpc) is 1.61. The molecule has 0 bridgehead atoms. The van der Waals surface area contributed by atoms with Crippen LogP contribution in [0, 0.1) is 0 Å². The maximum absolute atomic E-state index is 2.83. The van der Waals surface area contributed by atoms with Crippen LogP contribution < -0.4 is 0 Å². The molecule has 0 aromatic heterocycles. The Bertz CT molecular complexity index is 35.1. The fourth-order valence-corrected chi connectivity index (χ4v) is 18.8. The van der Waals surface area contributed by atoms with Crippen molar-refractivity contribution in [3.63, 3.8) is 0 Å². The first kappa shape index (κ1) is 9.79. The van der Waals surface area contributed by atoms with Gasteiger partial charge >= 0.3 is 79.0 Å². The molecule has 0 fully saturated rings. The molecule has 7 radical (unpaired) electrons. The van der Waals surface area contributed by atoms with Crippen LogP contribution in [0.15, 0.2) is 0 Å². The van der Waals surface area contributed by atoms with Crippen molar-refractivity contribution >= 4 is 68.6 Å². The normalized spacial score (nSPS) is 12.0. The molecule has 37 valence electrons. The summed E-state index contributed by atoms with van der Waals surface area (Å²) in [6, 6.07) is 0. The monoisotopic (exact) mass is 403 g/mol. The van der Waals surface area contributed by atoms with E-state index in [-0.39, 0.29) is 8.45 Å². The predicted octanol–water partition coefficient (Wildman–Crippen LogP) is -0.982. The number of rotatable bonds is 3. The Morgan fingerprint density at radius 2 is 2.00 bits per heavy atom. The fourth-order valence-electron chi connectivity index (χ4n) is 0.134. The van der Waals surface area contributed by atoms with E-state index in [1.54, 1.807) is 0 Å². The summed E-state index contributed by atoms with van der Waals surface area (Å²) in [4.78, 5) is 0. The van der Waals surface area contributed by atoms with E-state index < -0.39 is 0 Å². The van der Waals surface area contributed by atoms with Crippen LogP contribution in [0.25, 0.3) is 0 Å². The van der Waals surface area contributed by atoms with Gasteiger partial charge in [0.25, 0.3) is 0 Å². The molecule has 0 aliphatic carbocycles. The van der Waals surface area contributed by atoms with Crippen LogP contribution in [0.1, 0.15) is 0 Å². The van der Waals surface area contributed by atoms with Gasteiger partial charge in [0.1, 0.15) is 0 Å². The summed E-state index contributed by atoms with van der Waals surface area (Å²) in [5.41, 5.74) is 0. The third-order valence-corrected chi connectivity index (χ3v) is 23.1. The molecule has 5 heteroatoms. The van der Waals surface area contributed by atoms with Crippen LogP contribution in [0.4, 0.5) is 0 Å². The Kier molecular flexibility index (Phi) is 9.66. The second-order valence-electron chi connectivity index (χ2n) is 0.857. The second-order valence-corrected chi connectivity index (χ2v) is 43.8. The molecule has 0 amide bonds. The molecule has 0 N–H and O–H groups in total. The molecule has 7 heavy (non-hydrogen) atoms. The van der Waals surface area contributed by atoms with E-state index in [9.17, 15) is 0 Å². The van der Waals surface area contributed by atoms with Gasteiger partial charge in [0.05, 0.1) is 0 Å². The molecule has 0 aliphatic heterocycles. The molecular weight excluding hydrogens is 399 g/mol. The zero-order valence-corrected chi connectivity index (χ0v) is 13.0. The molecule has 0 saturated carbocycles. The summed E-state index contributed by atoms with van der Waals surface area (Å²) in [5.74, 6) is 0. The van der Waals surface area contributed by atoms with Gasteiger partial charge in [-0.2, -0.15) is 0 Å². The van der Waals surface area contributed by atoms with Crippen LogP contribution >= 0.6 is 0 Å². The molecule has 0 aliphatic rings. The first-order valence-electron chi connectivity index (χ1n) is 1.73. The zero-order valence-electron chi connectivity index (χ0n) is 3.65. The van der Waals surface area contributed by atoms with Crippen LogP contribution in [0.5, 0.6) is 0 Å². The summed E-state index contributed by atoms with van der Waals surface area (Å²) in [6.07, 6.45) is 0. The first-order valence-corrected chi connectivity index (χ1v) is 20.0. The molecule has 0 unspecified atom stereocenters. The van der Waals surface area contributed by atoms with E-state index in [1.807, 2.05) is 0 Å². The Hall–Kier alpha value is 2.79.